The molecule has 7 nitrogen and oxygen atoms in total. The monoisotopic (exact) mass is 365 g/mol. The second kappa shape index (κ2) is 9.92. The first-order valence-electron chi connectivity index (χ1n) is 9.80. The molecule has 0 aromatic carbocycles. The number of hydrogen-bond acceptors (Lipinski definition) is 5. The van der Waals surface area contributed by atoms with Crippen LogP contribution in [0.5, 0.6) is 0 Å². The summed E-state index contributed by atoms with van der Waals surface area (Å²) in [6.07, 6.45) is 3.75. The first kappa shape index (κ1) is 20.7. The summed E-state index contributed by atoms with van der Waals surface area (Å²) in [6.45, 7) is 10.2. The number of ether oxygens (including phenoxy) is 1. The zero-order valence-electron chi connectivity index (χ0n) is 17.0. The summed E-state index contributed by atoms with van der Waals surface area (Å²) in [4.78, 5) is 7.11. The van der Waals surface area contributed by atoms with Gasteiger partial charge in [0.05, 0.1) is 12.2 Å². The lowest BCUT2D eigenvalue weighted by Crippen LogP contribution is -2.57. The molecule has 0 unspecified atom stereocenters. The predicted molar refractivity (Wildman–Crippen MR) is 105 cm³/mol. The van der Waals surface area contributed by atoms with Crippen LogP contribution in [0.1, 0.15) is 50.6 Å². The average Bonchev–Trinajstić information content (AvgIpc) is 3.06. The number of hydrogen-bond donors (Lipinski definition) is 2. The summed E-state index contributed by atoms with van der Waals surface area (Å²) in [5.74, 6) is 1.78. The van der Waals surface area contributed by atoms with E-state index in [9.17, 15) is 0 Å². The molecule has 0 amide bonds. The third kappa shape index (κ3) is 4.98. The number of nitrogens with zero attached hydrogens (tertiary/aromatic N) is 3. The topological polar surface area (TPSA) is 74.9 Å². The third-order valence-electron chi connectivity index (χ3n) is 5.30. The van der Waals surface area contributed by atoms with Gasteiger partial charge in [0.15, 0.2) is 5.96 Å². The van der Waals surface area contributed by atoms with Crippen LogP contribution in [-0.4, -0.2) is 62.0 Å². The molecule has 26 heavy (non-hydrogen) atoms. The Morgan fingerprint density at radius 2 is 1.88 bits per heavy atom. The first-order valence-corrected chi connectivity index (χ1v) is 9.80. The Balaban J connectivity index is 2.08. The molecule has 1 aliphatic heterocycles. The van der Waals surface area contributed by atoms with Crippen molar-refractivity contribution in [3.8, 4) is 0 Å². The van der Waals surface area contributed by atoms with Gasteiger partial charge in [-0.15, -0.1) is 0 Å². The molecule has 1 fully saturated rings. The van der Waals surface area contributed by atoms with Crippen molar-refractivity contribution in [1.82, 2.24) is 20.7 Å². The molecule has 2 rings (SSSR count). The van der Waals surface area contributed by atoms with Crippen molar-refractivity contribution in [1.29, 1.82) is 0 Å². The van der Waals surface area contributed by atoms with Crippen LogP contribution in [0, 0.1) is 0 Å². The highest BCUT2D eigenvalue weighted by molar-refractivity contribution is 5.79. The minimum absolute atomic E-state index is 0.106. The molecule has 7 heteroatoms. The van der Waals surface area contributed by atoms with Crippen LogP contribution in [-0.2, 0) is 24.1 Å². The van der Waals surface area contributed by atoms with Crippen LogP contribution in [0.4, 0.5) is 0 Å². The maximum Gasteiger partial charge on any atom is 0.191 e. The molecule has 1 aliphatic rings. The molecule has 2 heterocycles. The maximum absolute atomic E-state index is 5.56. The largest absolute Gasteiger partial charge is 0.381 e. The summed E-state index contributed by atoms with van der Waals surface area (Å²) in [6, 6.07) is 0. The number of nitrogens with one attached hydrogen (secondary N) is 2. The van der Waals surface area contributed by atoms with E-state index in [2.05, 4.69) is 55.6 Å². The molecular formula is C19H35N5O2. The lowest BCUT2D eigenvalue weighted by molar-refractivity contribution is -0.00501. The van der Waals surface area contributed by atoms with Crippen molar-refractivity contribution in [2.24, 2.45) is 4.99 Å². The van der Waals surface area contributed by atoms with Crippen LogP contribution in [0.2, 0.25) is 0 Å². The number of aromatic nitrogens is 1. The molecular weight excluding hydrogens is 330 g/mol. The third-order valence-corrected chi connectivity index (χ3v) is 5.30. The lowest BCUT2D eigenvalue weighted by atomic mass is 9.88. The van der Waals surface area contributed by atoms with E-state index in [-0.39, 0.29) is 5.54 Å². The average molecular weight is 366 g/mol. The van der Waals surface area contributed by atoms with Gasteiger partial charge in [0.2, 0.25) is 0 Å². The van der Waals surface area contributed by atoms with Gasteiger partial charge in [0, 0.05) is 43.8 Å². The zero-order valence-corrected chi connectivity index (χ0v) is 17.0. The lowest BCUT2D eigenvalue weighted by Gasteiger charge is -2.43. The number of rotatable bonds is 8. The van der Waals surface area contributed by atoms with Gasteiger partial charge in [-0.05, 0) is 40.3 Å². The van der Waals surface area contributed by atoms with E-state index < -0.39 is 0 Å². The molecule has 0 spiro atoms. The Labute approximate surface area is 157 Å². The van der Waals surface area contributed by atoms with Crippen molar-refractivity contribution < 1.29 is 9.26 Å². The smallest absolute Gasteiger partial charge is 0.191 e. The Morgan fingerprint density at radius 1 is 1.15 bits per heavy atom. The second-order valence-electron chi connectivity index (χ2n) is 7.02. The van der Waals surface area contributed by atoms with Gasteiger partial charge in [-0.1, -0.05) is 19.0 Å². The van der Waals surface area contributed by atoms with Gasteiger partial charge >= 0.3 is 0 Å². The summed E-state index contributed by atoms with van der Waals surface area (Å²) in [5.41, 5.74) is 2.24. The van der Waals surface area contributed by atoms with Crippen molar-refractivity contribution in [3.63, 3.8) is 0 Å². The van der Waals surface area contributed by atoms with Crippen LogP contribution in [0.3, 0.4) is 0 Å². The van der Waals surface area contributed by atoms with Gasteiger partial charge in [-0.2, -0.15) is 0 Å². The number of likely N-dealkylation sites (N-methyl/N-ethyl adjacent to an activating group) is 1. The quantitative estimate of drug-likeness (QED) is 0.542. The summed E-state index contributed by atoms with van der Waals surface area (Å²) < 4.78 is 11.0. The first-order chi connectivity index (χ1) is 12.6. The number of guanidine groups is 1. The van der Waals surface area contributed by atoms with E-state index in [4.69, 9.17) is 14.3 Å². The van der Waals surface area contributed by atoms with Crippen molar-refractivity contribution in [2.45, 2.75) is 58.5 Å². The van der Waals surface area contributed by atoms with E-state index in [1.54, 1.807) is 0 Å². The predicted octanol–water partition coefficient (Wildman–Crippen LogP) is 1.97. The molecule has 148 valence electrons. The normalized spacial score (nSPS) is 17.5. The molecule has 0 radical (unpaired) electrons. The minimum Gasteiger partial charge on any atom is -0.381 e. The number of aryl methyl sites for hydroxylation is 2. The van der Waals surface area contributed by atoms with Crippen LogP contribution in [0.25, 0.3) is 0 Å². The van der Waals surface area contributed by atoms with Crippen molar-refractivity contribution in [2.75, 3.05) is 40.4 Å². The fraction of sp³-hybridized carbons (Fsp3) is 0.789. The molecule has 1 aromatic heterocycles. The molecule has 2 N–H and O–H groups in total. The summed E-state index contributed by atoms with van der Waals surface area (Å²) in [7, 11) is 4.30. The standard InChI is InChI=1S/C19H35N5O2/c1-6-16-15(17(7-2)26-23-16)13-21-18(20-8-3)22-14-19(24(4)5)9-11-25-12-10-19/h6-14H2,1-5H3,(H2,20,21,22). The van der Waals surface area contributed by atoms with Crippen LogP contribution >= 0.6 is 0 Å². The van der Waals surface area contributed by atoms with Gasteiger partial charge in [-0.3, -0.25) is 0 Å². The molecule has 0 atom stereocenters. The highest BCUT2D eigenvalue weighted by atomic mass is 16.5. The number of aliphatic imine (C=N–C) groups is 1. The fourth-order valence-electron chi connectivity index (χ4n) is 3.40. The highest BCUT2D eigenvalue weighted by Gasteiger charge is 2.34. The van der Waals surface area contributed by atoms with Crippen LogP contribution in [0.15, 0.2) is 9.52 Å². The van der Waals surface area contributed by atoms with E-state index in [0.717, 1.165) is 75.0 Å². The Hall–Kier alpha value is -1.60. The molecule has 1 aromatic rings. The Kier molecular flexibility index (Phi) is 7.90. The molecule has 0 saturated carbocycles. The van der Waals surface area contributed by atoms with E-state index >= 15 is 0 Å². The highest BCUT2D eigenvalue weighted by Crippen LogP contribution is 2.25. The van der Waals surface area contributed by atoms with E-state index in [1.807, 2.05) is 0 Å². The Bertz CT molecular complexity index is 555. The van der Waals surface area contributed by atoms with Gasteiger partial charge in [0.25, 0.3) is 0 Å². The maximum atomic E-state index is 5.56. The summed E-state index contributed by atoms with van der Waals surface area (Å²) >= 11 is 0. The summed E-state index contributed by atoms with van der Waals surface area (Å²) in [5, 5.41) is 11.1. The Morgan fingerprint density at radius 3 is 2.46 bits per heavy atom. The van der Waals surface area contributed by atoms with Gasteiger partial charge in [0.1, 0.15) is 5.76 Å². The SMILES string of the molecule is CCNC(=NCc1c(CC)noc1CC)NCC1(N(C)C)CCOCC1. The zero-order chi connectivity index (χ0) is 19.0. The van der Waals surface area contributed by atoms with Crippen molar-refractivity contribution in [3.05, 3.63) is 17.0 Å². The van der Waals surface area contributed by atoms with E-state index in [0.29, 0.717) is 6.54 Å². The van der Waals surface area contributed by atoms with E-state index in [1.165, 1.54) is 0 Å². The second-order valence-corrected chi connectivity index (χ2v) is 7.02. The minimum atomic E-state index is 0.106. The molecule has 0 aliphatic carbocycles. The molecule has 1 saturated heterocycles. The fourth-order valence-corrected chi connectivity index (χ4v) is 3.40. The molecule has 0 bridgehead atoms. The van der Waals surface area contributed by atoms with Gasteiger partial charge in [-0.25, -0.2) is 4.99 Å². The van der Waals surface area contributed by atoms with Crippen LogP contribution < -0.4 is 10.6 Å². The van der Waals surface area contributed by atoms with Gasteiger partial charge < -0.3 is 24.8 Å². The van der Waals surface area contributed by atoms with Crippen molar-refractivity contribution >= 4 is 5.96 Å².